The second-order valence-corrected chi connectivity index (χ2v) is 6.05. The molecule has 1 aromatic carbocycles. The minimum Gasteiger partial charge on any atom is -0.357 e. The predicted molar refractivity (Wildman–Crippen MR) is 84.2 cm³/mol. The molecule has 21 heavy (non-hydrogen) atoms. The van der Waals surface area contributed by atoms with Crippen molar-refractivity contribution in [3.63, 3.8) is 0 Å². The number of amides is 1. The van der Waals surface area contributed by atoms with E-state index >= 15 is 0 Å². The molecule has 9 heteroatoms. The monoisotopic (exact) mass is 330 g/mol. The normalized spacial score (nSPS) is 10.7. The number of carbonyl (C=O) groups is 1. The third-order valence-corrected chi connectivity index (χ3v) is 2.62. The zero-order valence-corrected chi connectivity index (χ0v) is 13.3. The van der Waals surface area contributed by atoms with Gasteiger partial charge in [0.1, 0.15) is 5.56 Å². The number of benzene rings is 1. The Morgan fingerprint density at radius 3 is 2.48 bits per heavy atom. The molecule has 0 unspecified atom stereocenters. The molecule has 114 valence electrons. The van der Waals surface area contributed by atoms with Crippen LogP contribution in [0.3, 0.4) is 0 Å². The van der Waals surface area contributed by atoms with E-state index in [-0.39, 0.29) is 26.9 Å². The number of nitro groups is 1. The maximum Gasteiger partial charge on any atom is 0.282 e. The summed E-state index contributed by atoms with van der Waals surface area (Å²) in [5.41, 5.74) is 3.99. The van der Waals surface area contributed by atoms with Crippen molar-refractivity contribution in [2.24, 2.45) is 0 Å². The average molecular weight is 331 g/mol. The fourth-order valence-electron chi connectivity index (χ4n) is 1.40. The standard InChI is InChI=1S/C12H15ClN4O3S/c1-12(2,3)14-11(21)16-15-10(18)8-6-7(13)4-5-9(8)17(19)20/h4-6H,1-3H3,(H,15,18)(H2,14,16,21). The SMILES string of the molecule is CC(C)(C)NC(=S)NNC(=O)c1cc(Cl)ccc1[N+](=O)[O-]. The Kier molecular flexibility index (Phi) is 5.45. The maximum atomic E-state index is 12.0. The number of rotatable bonds is 2. The molecule has 1 rings (SSSR count). The summed E-state index contributed by atoms with van der Waals surface area (Å²) in [5.74, 6) is -0.706. The minimum absolute atomic E-state index is 0.154. The van der Waals surface area contributed by atoms with Crippen molar-refractivity contribution in [3.05, 3.63) is 38.9 Å². The number of nitrogens with zero attached hydrogens (tertiary/aromatic N) is 1. The summed E-state index contributed by atoms with van der Waals surface area (Å²) in [7, 11) is 0. The number of hydrogen-bond donors (Lipinski definition) is 3. The molecule has 0 saturated carbocycles. The number of halogens is 1. The molecule has 0 bridgehead atoms. The van der Waals surface area contributed by atoms with Crippen LogP contribution in [0.25, 0.3) is 0 Å². The Hall–Kier alpha value is -1.93. The Morgan fingerprint density at radius 2 is 1.95 bits per heavy atom. The summed E-state index contributed by atoms with van der Waals surface area (Å²) in [6, 6.07) is 3.73. The quantitative estimate of drug-likeness (QED) is 0.437. The van der Waals surface area contributed by atoms with Gasteiger partial charge in [-0.2, -0.15) is 0 Å². The fraction of sp³-hybridized carbons (Fsp3) is 0.333. The third-order valence-electron chi connectivity index (χ3n) is 2.18. The largest absolute Gasteiger partial charge is 0.357 e. The van der Waals surface area contributed by atoms with Gasteiger partial charge in [0.05, 0.1) is 4.92 Å². The van der Waals surface area contributed by atoms with Crippen LogP contribution in [0.2, 0.25) is 5.02 Å². The highest BCUT2D eigenvalue weighted by molar-refractivity contribution is 7.80. The van der Waals surface area contributed by atoms with Crippen LogP contribution in [0.1, 0.15) is 31.1 Å². The number of carbonyl (C=O) groups excluding carboxylic acids is 1. The van der Waals surface area contributed by atoms with Gasteiger partial charge in [0, 0.05) is 16.6 Å². The first kappa shape index (κ1) is 17.1. The average Bonchev–Trinajstić information content (AvgIpc) is 2.33. The zero-order valence-electron chi connectivity index (χ0n) is 11.7. The Labute approximate surface area is 132 Å². The summed E-state index contributed by atoms with van der Waals surface area (Å²) in [6.07, 6.45) is 0. The lowest BCUT2D eigenvalue weighted by molar-refractivity contribution is -0.385. The van der Waals surface area contributed by atoms with Crippen LogP contribution in [0.5, 0.6) is 0 Å². The molecule has 0 saturated heterocycles. The maximum absolute atomic E-state index is 12.0. The summed E-state index contributed by atoms with van der Waals surface area (Å²) >= 11 is 10.7. The summed E-state index contributed by atoms with van der Waals surface area (Å²) in [6.45, 7) is 5.68. The highest BCUT2D eigenvalue weighted by Gasteiger charge is 2.21. The van der Waals surface area contributed by atoms with Crippen LogP contribution in [-0.4, -0.2) is 21.5 Å². The molecule has 0 spiro atoms. The molecule has 0 fully saturated rings. The molecular weight excluding hydrogens is 316 g/mol. The van der Waals surface area contributed by atoms with Gasteiger partial charge in [-0.25, -0.2) is 0 Å². The minimum atomic E-state index is -0.706. The van der Waals surface area contributed by atoms with Gasteiger partial charge in [-0.05, 0) is 45.1 Å². The number of nitrogens with one attached hydrogen (secondary N) is 3. The van der Waals surface area contributed by atoms with Crippen molar-refractivity contribution < 1.29 is 9.72 Å². The van der Waals surface area contributed by atoms with Crippen LogP contribution in [0, 0.1) is 10.1 Å². The Bertz CT molecular complexity index is 586. The van der Waals surface area contributed by atoms with Gasteiger partial charge in [-0.3, -0.25) is 25.8 Å². The number of nitro benzene ring substituents is 1. The smallest absolute Gasteiger partial charge is 0.282 e. The highest BCUT2D eigenvalue weighted by Crippen LogP contribution is 2.22. The summed E-state index contributed by atoms with van der Waals surface area (Å²) in [5, 5.41) is 14.2. The van der Waals surface area contributed by atoms with Gasteiger partial charge >= 0.3 is 0 Å². The lowest BCUT2D eigenvalue weighted by Gasteiger charge is -2.23. The molecule has 0 aliphatic rings. The highest BCUT2D eigenvalue weighted by atomic mass is 35.5. The number of hydrazine groups is 1. The molecule has 0 radical (unpaired) electrons. The molecule has 0 atom stereocenters. The molecule has 3 N–H and O–H groups in total. The topological polar surface area (TPSA) is 96.3 Å². The molecule has 1 aromatic rings. The van der Waals surface area contributed by atoms with E-state index in [4.69, 9.17) is 23.8 Å². The van der Waals surface area contributed by atoms with Gasteiger partial charge in [0.25, 0.3) is 11.6 Å². The van der Waals surface area contributed by atoms with Crippen LogP contribution in [0.15, 0.2) is 18.2 Å². The van der Waals surface area contributed by atoms with Gasteiger partial charge in [-0.1, -0.05) is 11.6 Å². The molecule has 0 aliphatic heterocycles. The van der Waals surface area contributed by atoms with Crippen molar-refractivity contribution in [3.8, 4) is 0 Å². The molecule has 0 aromatic heterocycles. The van der Waals surface area contributed by atoms with Crippen molar-refractivity contribution in [2.45, 2.75) is 26.3 Å². The summed E-state index contributed by atoms with van der Waals surface area (Å²) < 4.78 is 0. The van der Waals surface area contributed by atoms with Crippen LogP contribution >= 0.6 is 23.8 Å². The van der Waals surface area contributed by atoms with Crippen molar-refractivity contribution in [2.75, 3.05) is 0 Å². The number of hydrogen-bond acceptors (Lipinski definition) is 4. The van der Waals surface area contributed by atoms with Gasteiger partial charge in [0.15, 0.2) is 5.11 Å². The molecule has 0 heterocycles. The predicted octanol–water partition coefficient (Wildman–Crippen LogP) is 2.16. The molecule has 0 aliphatic carbocycles. The van der Waals surface area contributed by atoms with Crippen LogP contribution in [-0.2, 0) is 0 Å². The van der Waals surface area contributed by atoms with Gasteiger partial charge < -0.3 is 5.32 Å². The Balaban J connectivity index is 2.79. The van der Waals surface area contributed by atoms with E-state index in [2.05, 4.69) is 16.2 Å². The van der Waals surface area contributed by atoms with Crippen molar-refractivity contribution in [1.82, 2.24) is 16.2 Å². The number of thiocarbonyl (C=S) groups is 1. The lowest BCUT2D eigenvalue weighted by Crippen LogP contribution is -2.52. The van der Waals surface area contributed by atoms with E-state index in [0.29, 0.717) is 0 Å². The van der Waals surface area contributed by atoms with E-state index in [1.165, 1.54) is 18.2 Å². The van der Waals surface area contributed by atoms with Crippen molar-refractivity contribution in [1.29, 1.82) is 0 Å². The molecule has 1 amide bonds. The first-order chi connectivity index (χ1) is 9.60. The van der Waals surface area contributed by atoms with E-state index < -0.39 is 10.8 Å². The lowest BCUT2D eigenvalue weighted by atomic mass is 10.1. The summed E-state index contributed by atoms with van der Waals surface area (Å²) in [4.78, 5) is 22.2. The van der Waals surface area contributed by atoms with Crippen LogP contribution < -0.4 is 16.2 Å². The zero-order chi connectivity index (χ0) is 16.2. The second-order valence-electron chi connectivity index (χ2n) is 5.20. The van der Waals surface area contributed by atoms with Gasteiger partial charge in [-0.15, -0.1) is 0 Å². The first-order valence-electron chi connectivity index (χ1n) is 5.92. The van der Waals surface area contributed by atoms with E-state index in [1.54, 1.807) is 0 Å². The molecule has 7 nitrogen and oxygen atoms in total. The Morgan fingerprint density at radius 1 is 1.33 bits per heavy atom. The van der Waals surface area contributed by atoms with E-state index in [9.17, 15) is 14.9 Å². The van der Waals surface area contributed by atoms with Gasteiger partial charge in [0.2, 0.25) is 0 Å². The fourth-order valence-corrected chi connectivity index (χ4v) is 1.93. The second kappa shape index (κ2) is 6.68. The van der Waals surface area contributed by atoms with Crippen molar-refractivity contribution >= 4 is 40.5 Å². The third kappa shape index (κ3) is 5.52. The van der Waals surface area contributed by atoms with E-state index in [0.717, 1.165) is 0 Å². The first-order valence-corrected chi connectivity index (χ1v) is 6.71. The van der Waals surface area contributed by atoms with E-state index in [1.807, 2.05) is 20.8 Å². The van der Waals surface area contributed by atoms with Crippen LogP contribution in [0.4, 0.5) is 5.69 Å². The molecular formula is C12H15ClN4O3S.